The number of esters is 1. The predicted molar refractivity (Wildman–Crippen MR) is 126 cm³/mol. The minimum absolute atomic E-state index is 0.157. The van der Waals surface area contributed by atoms with E-state index in [2.05, 4.69) is 5.32 Å². The summed E-state index contributed by atoms with van der Waals surface area (Å²) in [5, 5.41) is 14.2. The van der Waals surface area contributed by atoms with Crippen LogP contribution in [-0.2, 0) is 23.0 Å². The number of aliphatic hydroxyl groups excluding tert-OH is 1. The van der Waals surface area contributed by atoms with Crippen LogP contribution in [0.5, 0.6) is 0 Å². The summed E-state index contributed by atoms with van der Waals surface area (Å²) in [6, 6.07) is 12.2. The fraction of sp³-hybridized carbons (Fsp3) is 0.360. The number of aromatic nitrogens is 1. The van der Waals surface area contributed by atoms with Crippen molar-refractivity contribution < 1.29 is 19.4 Å². The van der Waals surface area contributed by atoms with Crippen LogP contribution in [0.3, 0.4) is 0 Å². The summed E-state index contributed by atoms with van der Waals surface area (Å²) in [7, 11) is 1.81. The van der Waals surface area contributed by atoms with Gasteiger partial charge in [-0.3, -0.25) is 9.59 Å². The van der Waals surface area contributed by atoms with Gasteiger partial charge in [0.05, 0.1) is 29.6 Å². The molecule has 0 saturated carbocycles. The molecule has 3 aromatic rings. The maximum absolute atomic E-state index is 13.0. The van der Waals surface area contributed by atoms with Crippen molar-refractivity contribution in [3.05, 3.63) is 69.9 Å². The summed E-state index contributed by atoms with van der Waals surface area (Å²) in [6.45, 7) is 7.17. The summed E-state index contributed by atoms with van der Waals surface area (Å²) >= 11 is 6.35. The lowest BCUT2D eigenvalue weighted by Gasteiger charge is -2.20. The number of hydrogen-bond acceptors (Lipinski definition) is 4. The number of hydrogen-bond donors (Lipinski definition) is 2. The average Bonchev–Trinajstić information content (AvgIpc) is 3.02. The molecule has 0 aliphatic heterocycles. The number of aryl methyl sites for hydroxylation is 2. The summed E-state index contributed by atoms with van der Waals surface area (Å²) in [4.78, 5) is 25.0. The molecule has 0 aliphatic carbocycles. The Bertz CT molecular complexity index is 1140. The zero-order valence-corrected chi connectivity index (χ0v) is 19.8. The molecule has 2 N–H and O–H groups in total. The summed E-state index contributed by atoms with van der Waals surface area (Å²) in [5.74, 6) is -0.615. The van der Waals surface area contributed by atoms with Crippen LogP contribution < -0.4 is 5.32 Å². The SMILES string of the molecule is Cc1cc(Cl)c2cc(C(=O)NC(CO)c3ccc(CC(=O)OC(C)(C)C)cc3)n(C)c2c1. The molecule has 1 amide bonds. The topological polar surface area (TPSA) is 80.6 Å². The van der Waals surface area contributed by atoms with Crippen LogP contribution in [0.1, 0.15) is 54.0 Å². The Labute approximate surface area is 193 Å². The van der Waals surface area contributed by atoms with Gasteiger partial charge in [0.1, 0.15) is 11.3 Å². The highest BCUT2D eigenvalue weighted by Crippen LogP contribution is 2.28. The molecule has 1 atom stereocenters. The van der Waals surface area contributed by atoms with Gasteiger partial charge in [-0.1, -0.05) is 35.9 Å². The number of nitrogens with one attached hydrogen (secondary N) is 1. The van der Waals surface area contributed by atoms with Crippen molar-refractivity contribution >= 4 is 34.4 Å². The Hall–Kier alpha value is -2.83. The Balaban J connectivity index is 1.75. The summed E-state index contributed by atoms with van der Waals surface area (Å²) in [6.07, 6.45) is 0.157. The van der Waals surface area contributed by atoms with Crippen molar-refractivity contribution in [3.8, 4) is 0 Å². The molecule has 2 aromatic carbocycles. The number of ether oxygens (including phenoxy) is 1. The lowest BCUT2D eigenvalue weighted by atomic mass is 10.0. The molecule has 170 valence electrons. The maximum Gasteiger partial charge on any atom is 0.310 e. The number of aliphatic hydroxyl groups is 1. The fourth-order valence-corrected chi connectivity index (χ4v) is 3.94. The standard InChI is InChI=1S/C25H29ClN2O4/c1-15-10-19(26)18-13-22(28(5)21(18)11-15)24(31)27-20(14-29)17-8-6-16(7-9-17)12-23(30)32-25(2,3)4/h6-11,13,20,29H,12,14H2,1-5H3,(H,27,31). The van der Waals surface area contributed by atoms with Crippen LogP contribution in [0.2, 0.25) is 5.02 Å². The number of carbonyl (C=O) groups excluding carboxylic acids is 2. The number of benzene rings is 2. The molecule has 0 aliphatic rings. The Morgan fingerprint density at radius 3 is 2.41 bits per heavy atom. The number of carbonyl (C=O) groups is 2. The first-order chi connectivity index (χ1) is 15.0. The van der Waals surface area contributed by atoms with E-state index in [0.29, 0.717) is 10.7 Å². The van der Waals surface area contributed by atoms with Crippen molar-refractivity contribution in [2.24, 2.45) is 7.05 Å². The van der Waals surface area contributed by atoms with Crippen molar-refractivity contribution in [2.75, 3.05) is 6.61 Å². The van der Waals surface area contributed by atoms with E-state index < -0.39 is 11.6 Å². The van der Waals surface area contributed by atoms with Crippen molar-refractivity contribution in [1.29, 1.82) is 0 Å². The van der Waals surface area contributed by atoms with E-state index >= 15 is 0 Å². The highest BCUT2D eigenvalue weighted by atomic mass is 35.5. The minimum Gasteiger partial charge on any atom is -0.460 e. The molecule has 1 aromatic heterocycles. The van der Waals surface area contributed by atoms with Gasteiger partial charge in [-0.25, -0.2) is 0 Å². The minimum atomic E-state index is -0.590. The highest BCUT2D eigenvalue weighted by molar-refractivity contribution is 6.35. The third-order valence-electron chi connectivity index (χ3n) is 5.13. The molecule has 6 nitrogen and oxygen atoms in total. The highest BCUT2D eigenvalue weighted by Gasteiger charge is 2.20. The van der Waals surface area contributed by atoms with E-state index in [1.807, 2.05) is 46.9 Å². The largest absolute Gasteiger partial charge is 0.460 e. The molecule has 1 unspecified atom stereocenters. The number of rotatable bonds is 6. The smallest absolute Gasteiger partial charge is 0.310 e. The van der Waals surface area contributed by atoms with Gasteiger partial charge in [0.15, 0.2) is 0 Å². The van der Waals surface area contributed by atoms with Gasteiger partial charge in [-0.05, 0) is 62.6 Å². The van der Waals surface area contributed by atoms with Gasteiger partial charge in [-0.15, -0.1) is 0 Å². The molecule has 1 heterocycles. The first kappa shape index (κ1) is 23.8. The van der Waals surface area contributed by atoms with Crippen LogP contribution in [-0.4, -0.2) is 33.8 Å². The molecule has 32 heavy (non-hydrogen) atoms. The van der Waals surface area contributed by atoms with E-state index in [1.165, 1.54) is 0 Å². The molecule has 0 fully saturated rings. The Kier molecular flexibility index (Phi) is 6.96. The third kappa shape index (κ3) is 5.50. The molecule has 0 radical (unpaired) electrons. The first-order valence-electron chi connectivity index (χ1n) is 10.5. The monoisotopic (exact) mass is 456 g/mol. The molecule has 7 heteroatoms. The van der Waals surface area contributed by atoms with Crippen LogP contribution >= 0.6 is 11.6 Å². The second kappa shape index (κ2) is 9.35. The predicted octanol–water partition coefficient (Wildman–Crippen LogP) is 4.49. The molecule has 0 spiro atoms. The second-order valence-corrected chi connectivity index (χ2v) is 9.39. The molecular weight excluding hydrogens is 428 g/mol. The Morgan fingerprint density at radius 2 is 1.81 bits per heavy atom. The zero-order valence-electron chi connectivity index (χ0n) is 19.0. The first-order valence-corrected chi connectivity index (χ1v) is 10.8. The van der Waals surface area contributed by atoms with E-state index in [0.717, 1.165) is 27.6 Å². The summed E-state index contributed by atoms with van der Waals surface area (Å²) < 4.78 is 7.14. The van der Waals surface area contributed by atoms with Crippen LogP contribution in [0.4, 0.5) is 0 Å². The van der Waals surface area contributed by atoms with Crippen LogP contribution in [0, 0.1) is 6.92 Å². The average molecular weight is 457 g/mol. The van der Waals surface area contributed by atoms with E-state index in [9.17, 15) is 14.7 Å². The zero-order chi connectivity index (χ0) is 23.6. The van der Waals surface area contributed by atoms with Gasteiger partial charge >= 0.3 is 5.97 Å². The quantitative estimate of drug-likeness (QED) is 0.535. The number of amides is 1. The molecule has 0 saturated heterocycles. The van der Waals surface area contributed by atoms with E-state index in [1.54, 1.807) is 34.9 Å². The summed E-state index contributed by atoms with van der Waals surface area (Å²) in [5.41, 5.74) is 3.33. The van der Waals surface area contributed by atoms with Crippen molar-refractivity contribution in [2.45, 2.75) is 45.8 Å². The van der Waals surface area contributed by atoms with E-state index in [-0.39, 0.29) is 24.9 Å². The van der Waals surface area contributed by atoms with Gasteiger partial charge in [0.25, 0.3) is 5.91 Å². The number of halogens is 1. The van der Waals surface area contributed by atoms with Crippen LogP contribution in [0.15, 0.2) is 42.5 Å². The maximum atomic E-state index is 13.0. The third-order valence-corrected chi connectivity index (χ3v) is 5.44. The second-order valence-electron chi connectivity index (χ2n) is 8.98. The van der Waals surface area contributed by atoms with E-state index in [4.69, 9.17) is 16.3 Å². The molecular formula is C25H29ClN2O4. The van der Waals surface area contributed by atoms with Gasteiger partial charge in [-0.2, -0.15) is 0 Å². The van der Waals surface area contributed by atoms with Crippen LogP contribution in [0.25, 0.3) is 10.9 Å². The van der Waals surface area contributed by atoms with Gasteiger partial charge in [0, 0.05) is 12.4 Å². The molecule has 3 rings (SSSR count). The Morgan fingerprint density at radius 1 is 1.16 bits per heavy atom. The normalized spacial score (nSPS) is 12.6. The lowest BCUT2D eigenvalue weighted by molar-refractivity contribution is -0.153. The fourth-order valence-electron chi connectivity index (χ4n) is 3.62. The van der Waals surface area contributed by atoms with Crippen molar-refractivity contribution in [1.82, 2.24) is 9.88 Å². The van der Waals surface area contributed by atoms with Gasteiger partial charge < -0.3 is 19.7 Å². The number of nitrogens with zero attached hydrogens (tertiary/aromatic N) is 1. The molecule has 0 bridgehead atoms. The number of fused-ring (bicyclic) bond motifs is 1. The van der Waals surface area contributed by atoms with Gasteiger partial charge in [0.2, 0.25) is 0 Å². The van der Waals surface area contributed by atoms with Crippen molar-refractivity contribution in [3.63, 3.8) is 0 Å². The lowest BCUT2D eigenvalue weighted by Crippen LogP contribution is -2.32.